The summed E-state index contributed by atoms with van der Waals surface area (Å²) in [6.45, 7) is 8.58. The predicted octanol–water partition coefficient (Wildman–Crippen LogP) is 4.48. The summed E-state index contributed by atoms with van der Waals surface area (Å²) in [6.07, 6.45) is 3.72. The van der Waals surface area contributed by atoms with Crippen LogP contribution >= 0.6 is 0 Å². The van der Waals surface area contributed by atoms with Crippen LogP contribution < -0.4 is 5.32 Å². The zero-order valence-corrected chi connectivity index (χ0v) is 20.1. The maximum atomic E-state index is 13.6. The summed E-state index contributed by atoms with van der Waals surface area (Å²) >= 11 is 0. The van der Waals surface area contributed by atoms with Crippen LogP contribution in [0.3, 0.4) is 0 Å². The van der Waals surface area contributed by atoms with E-state index in [9.17, 15) is 9.50 Å². The largest absolute Gasteiger partial charge is 0.395 e. The van der Waals surface area contributed by atoms with E-state index in [1.54, 1.807) is 18.3 Å². The molecule has 3 heterocycles. The first-order chi connectivity index (χ1) is 16.2. The summed E-state index contributed by atoms with van der Waals surface area (Å²) in [7, 11) is 1.97. The van der Waals surface area contributed by atoms with Crippen LogP contribution in [-0.4, -0.2) is 56.1 Å². The van der Waals surface area contributed by atoms with Gasteiger partial charge in [-0.3, -0.25) is 9.30 Å². The fourth-order valence-electron chi connectivity index (χ4n) is 3.72. The van der Waals surface area contributed by atoms with Gasteiger partial charge in [-0.05, 0) is 60.5 Å². The smallest absolute Gasteiger partial charge is 0.223 e. The predicted molar refractivity (Wildman–Crippen MR) is 133 cm³/mol. The Bertz CT molecular complexity index is 1260. The number of benzene rings is 1. The van der Waals surface area contributed by atoms with Crippen molar-refractivity contribution >= 4 is 11.6 Å². The Labute approximate surface area is 199 Å². The van der Waals surface area contributed by atoms with Crippen molar-refractivity contribution in [1.29, 1.82) is 0 Å². The third-order valence-corrected chi connectivity index (χ3v) is 5.42. The average molecular weight is 463 g/mol. The van der Waals surface area contributed by atoms with Crippen molar-refractivity contribution in [3.8, 4) is 22.6 Å². The van der Waals surface area contributed by atoms with Crippen molar-refractivity contribution in [1.82, 2.24) is 24.3 Å². The van der Waals surface area contributed by atoms with Gasteiger partial charge in [-0.2, -0.15) is 0 Å². The van der Waals surface area contributed by atoms with E-state index in [1.165, 1.54) is 12.1 Å². The second-order valence-corrected chi connectivity index (χ2v) is 9.72. The number of hydrogen-bond donors (Lipinski definition) is 2. The maximum Gasteiger partial charge on any atom is 0.223 e. The second-order valence-electron chi connectivity index (χ2n) is 9.72. The molecule has 4 aromatic rings. The van der Waals surface area contributed by atoms with Crippen LogP contribution in [0.25, 0.3) is 28.3 Å². The minimum absolute atomic E-state index is 0.0849. The van der Waals surface area contributed by atoms with Gasteiger partial charge in [-0.1, -0.05) is 20.8 Å². The first-order valence-corrected chi connectivity index (χ1v) is 11.4. The molecule has 34 heavy (non-hydrogen) atoms. The fraction of sp³-hybridized carbons (Fsp3) is 0.346. The lowest BCUT2D eigenvalue weighted by Gasteiger charge is -2.18. The number of rotatable bonds is 8. The molecule has 1 aromatic carbocycles. The van der Waals surface area contributed by atoms with Crippen LogP contribution in [0.2, 0.25) is 0 Å². The minimum atomic E-state index is -0.293. The number of imidazole rings is 1. The van der Waals surface area contributed by atoms with Crippen LogP contribution in [0.4, 0.5) is 10.3 Å². The summed E-state index contributed by atoms with van der Waals surface area (Å²) in [6, 6.07) is 12.3. The van der Waals surface area contributed by atoms with Crippen molar-refractivity contribution in [2.75, 3.05) is 32.1 Å². The minimum Gasteiger partial charge on any atom is -0.395 e. The summed E-state index contributed by atoms with van der Waals surface area (Å²) in [4.78, 5) is 16.1. The molecule has 0 aliphatic heterocycles. The van der Waals surface area contributed by atoms with E-state index in [0.717, 1.165) is 40.4 Å². The Morgan fingerprint density at radius 3 is 2.56 bits per heavy atom. The van der Waals surface area contributed by atoms with E-state index < -0.39 is 0 Å². The van der Waals surface area contributed by atoms with E-state index >= 15 is 0 Å². The molecule has 0 aliphatic rings. The molecule has 4 rings (SSSR count). The van der Waals surface area contributed by atoms with Crippen LogP contribution in [0.1, 0.15) is 26.3 Å². The normalized spacial score (nSPS) is 12.0. The molecule has 0 amide bonds. The lowest BCUT2D eigenvalue weighted by Crippen LogP contribution is -2.21. The molecular formula is C26H31FN6O. The number of anilines is 1. The molecule has 0 spiro atoms. The van der Waals surface area contributed by atoms with E-state index in [0.29, 0.717) is 19.0 Å². The highest BCUT2D eigenvalue weighted by molar-refractivity contribution is 5.80. The molecule has 0 atom stereocenters. The number of nitrogens with zero attached hydrogens (tertiary/aromatic N) is 5. The van der Waals surface area contributed by atoms with Crippen molar-refractivity contribution in [3.05, 3.63) is 66.2 Å². The number of fused-ring (bicyclic) bond motifs is 1. The molecule has 7 nitrogen and oxygen atoms in total. The van der Waals surface area contributed by atoms with Crippen LogP contribution in [0, 0.1) is 11.2 Å². The molecule has 0 saturated carbocycles. The summed E-state index contributed by atoms with van der Waals surface area (Å²) in [5.41, 5.74) is 5.01. The van der Waals surface area contributed by atoms with Gasteiger partial charge >= 0.3 is 0 Å². The molecule has 8 heteroatoms. The SMILES string of the molecule is CN(CCO)Cc1ccn2c(-c3ccnc(NCC(C)(C)C)n3)c(-c3ccc(F)cc3)nc2c1. The number of halogens is 1. The van der Waals surface area contributed by atoms with Crippen LogP contribution in [0.15, 0.2) is 54.9 Å². The lowest BCUT2D eigenvalue weighted by molar-refractivity contribution is 0.217. The topological polar surface area (TPSA) is 78.6 Å². The number of aliphatic hydroxyl groups is 1. The number of nitrogens with one attached hydrogen (secondary N) is 1. The molecule has 2 N–H and O–H groups in total. The third kappa shape index (κ3) is 5.58. The maximum absolute atomic E-state index is 13.6. The Hall–Kier alpha value is -3.36. The van der Waals surface area contributed by atoms with Crippen LogP contribution in [-0.2, 0) is 6.54 Å². The highest BCUT2D eigenvalue weighted by Crippen LogP contribution is 2.32. The molecule has 3 aromatic heterocycles. The fourth-order valence-corrected chi connectivity index (χ4v) is 3.72. The first kappa shape index (κ1) is 23.8. The average Bonchev–Trinajstić information content (AvgIpc) is 3.17. The number of pyridine rings is 1. The molecule has 178 valence electrons. The number of likely N-dealkylation sites (N-methyl/N-ethyl adjacent to an activating group) is 1. The van der Waals surface area contributed by atoms with Crippen molar-refractivity contribution < 1.29 is 9.50 Å². The standard InChI is InChI=1S/C26H31FN6O/c1-26(2,3)17-29-25-28-11-9-21(30-25)24-23(19-5-7-20(27)8-6-19)31-22-15-18(10-12-33(22)24)16-32(4)13-14-34/h5-12,15,34H,13-14,16-17H2,1-4H3,(H,28,29,30). The van der Waals surface area contributed by atoms with Crippen LogP contribution in [0.5, 0.6) is 0 Å². The number of aliphatic hydroxyl groups excluding tert-OH is 1. The van der Waals surface area contributed by atoms with E-state index in [-0.39, 0.29) is 17.8 Å². The highest BCUT2D eigenvalue weighted by atomic mass is 19.1. The molecule has 0 aliphatic carbocycles. The molecule has 0 saturated heterocycles. The molecule has 0 unspecified atom stereocenters. The van der Waals surface area contributed by atoms with Gasteiger partial charge in [0.25, 0.3) is 0 Å². The monoisotopic (exact) mass is 462 g/mol. The Morgan fingerprint density at radius 2 is 1.85 bits per heavy atom. The van der Waals surface area contributed by atoms with Crippen molar-refractivity contribution in [2.45, 2.75) is 27.3 Å². The third-order valence-electron chi connectivity index (χ3n) is 5.42. The first-order valence-electron chi connectivity index (χ1n) is 11.4. The van der Waals surface area contributed by atoms with Gasteiger partial charge in [0.15, 0.2) is 0 Å². The molecular weight excluding hydrogens is 431 g/mol. The zero-order chi connectivity index (χ0) is 24.3. The van der Waals surface area contributed by atoms with Gasteiger partial charge < -0.3 is 10.4 Å². The van der Waals surface area contributed by atoms with E-state index in [2.05, 4.69) is 31.1 Å². The number of hydrogen-bond acceptors (Lipinski definition) is 6. The molecule has 0 radical (unpaired) electrons. The zero-order valence-electron chi connectivity index (χ0n) is 20.1. The second kappa shape index (κ2) is 9.87. The van der Waals surface area contributed by atoms with E-state index in [1.807, 2.05) is 40.7 Å². The summed E-state index contributed by atoms with van der Waals surface area (Å²) in [5, 5.41) is 12.5. The van der Waals surface area contributed by atoms with E-state index in [4.69, 9.17) is 9.97 Å². The highest BCUT2D eigenvalue weighted by Gasteiger charge is 2.19. The summed E-state index contributed by atoms with van der Waals surface area (Å²) in [5.74, 6) is 0.258. The lowest BCUT2D eigenvalue weighted by atomic mass is 9.97. The van der Waals surface area contributed by atoms with Gasteiger partial charge in [0.1, 0.15) is 11.5 Å². The Balaban J connectivity index is 1.80. The molecule has 0 bridgehead atoms. The van der Waals surface area contributed by atoms with Gasteiger partial charge in [0.05, 0.1) is 23.7 Å². The van der Waals surface area contributed by atoms with Gasteiger partial charge in [0.2, 0.25) is 5.95 Å². The van der Waals surface area contributed by atoms with Gasteiger partial charge in [0, 0.05) is 37.6 Å². The van der Waals surface area contributed by atoms with Crippen molar-refractivity contribution in [3.63, 3.8) is 0 Å². The Morgan fingerprint density at radius 1 is 1.09 bits per heavy atom. The Kier molecular flexibility index (Phi) is 6.90. The van der Waals surface area contributed by atoms with Crippen molar-refractivity contribution in [2.24, 2.45) is 5.41 Å². The molecule has 0 fully saturated rings. The quantitative estimate of drug-likeness (QED) is 0.402. The van der Waals surface area contributed by atoms with Gasteiger partial charge in [-0.15, -0.1) is 0 Å². The summed E-state index contributed by atoms with van der Waals surface area (Å²) < 4.78 is 15.6. The number of aromatic nitrogens is 4. The van der Waals surface area contributed by atoms with Gasteiger partial charge in [-0.25, -0.2) is 19.3 Å².